The van der Waals surface area contributed by atoms with Gasteiger partial charge in [-0.05, 0) is 19.3 Å². The van der Waals surface area contributed by atoms with Crippen LogP contribution in [0.25, 0.3) is 0 Å². The zero-order valence-corrected chi connectivity index (χ0v) is 10.7. The lowest BCUT2D eigenvalue weighted by atomic mass is 9.95. The first kappa shape index (κ1) is 14.9. The maximum atomic E-state index is 11.8. The molecular weight excluding hydrogens is 234 g/mol. The average molecular weight is 257 g/mol. The van der Waals surface area contributed by atoms with Crippen molar-refractivity contribution in [2.24, 2.45) is 11.7 Å². The minimum atomic E-state index is -0.00869. The molecule has 1 saturated heterocycles. The lowest BCUT2D eigenvalue weighted by Crippen LogP contribution is -2.43. The third kappa shape index (κ3) is 4.62. The second kappa shape index (κ2) is 8.05. The van der Waals surface area contributed by atoms with Crippen molar-refractivity contribution in [2.75, 3.05) is 32.8 Å². The average Bonchev–Trinajstić information content (AvgIpc) is 2.39. The topological polar surface area (TPSA) is 95.7 Å². The number of rotatable bonds is 6. The van der Waals surface area contributed by atoms with Crippen molar-refractivity contribution >= 4 is 11.8 Å². The first-order valence-electron chi connectivity index (χ1n) is 6.55. The van der Waals surface area contributed by atoms with Gasteiger partial charge in [-0.1, -0.05) is 0 Å². The Morgan fingerprint density at radius 3 is 2.56 bits per heavy atom. The third-order valence-electron chi connectivity index (χ3n) is 3.21. The number of nitrogens with two attached hydrogens (primary N) is 1. The highest BCUT2D eigenvalue weighted by molar-refractivity contribution is 5.80. The van der Waals surface area contributed by atoms with Crippen LogP contribution in [-0.4, -0.2) is 54.6 Å². The van der Waals surface area contributed by atoms with Gasteiger partial charge in [-0.2, -0.15) is 0 Å². The third-order valence-corrected chi connectivity index (χ3v) is 3.21. The Morgan fingerprint density at radius 2 is 2.00 bits per heavy atom. The molecule has 4 N–H and O–H groups in total. The molecule has 1 aliphatic heterocycles. The minimum Gasteiger partial charge on any atom is -0.396 e. The predicted octanol–water partition coefficient (Wildman–Crippen LogP) is -0.928. The molecule has 0 saturated carbocycles. The number of amides is 2. The Kier molecular flexibility index (Phi) is 6.67. The van der Waals surface area contributed by atoms with Crippen LogP contribution < -0.4 is 11.1 Å². The van der Waals surface area contributed by atoms with Crippen LogP contribution in [0.5, 0.6) is 0 Å². The second-order valence-corrected chi connectivity index (χ2v) is 4.56. The Morgan fingerprint density at radius 1 is 1.33 bits per heavy atom. The van der Waals surface area contributed by atoms with Crippen LogP contribution in [0, 0.1) is 5.92 Å². The number of aliphatic hydroxyl groups is 1. The molecule has 0 atom stereocenters. The van der Waals surface area contributed by atoms with Gasteiger partial charge in [-0.3, -0.25) is 9.59 Å². The van der Waals surface area contributed by atoms with Crippen LogP contribution in [0.4, 0.5) is 0 Å². The van der Waals surface area contributed by atoms with Gasteiger partial charge in [0.25, 0.3) is 0 Å². The van der Waals surface area contributed by atoms with E-state index < -0.39 is 0 Å². The molecule has 0 aromatic carbocycles. The zero-order valence-electron chi connectivity index (χ0n) is 10.7. The van der Waals surface area contributed by atoms with Crippen molar-refractivity contribution in [1.29, 1.82) is 0 Å². The number of hydrogen-bond acceptors (Lipinski definition) is 4. The Labute approximate surface area is 108 Å². The first-order chi connectivity index (χ1) is 8.69. The predicted molar refractivity (Wildman–Crippen MR) is 67.7 cm³/mol. The number of carbonyl (C=O) groups is 2. The van der Waals surface area contributed by atoms with E-state index in [9.17, 15) is 9.59 Å². The summed E-state index contributed by atoms with van der Waals surface area (Å²) in [5.74, 6) is 0.108. The van der Waals surface area contributed by atoms with Crippen molar-refractivity contribution in [1.82, 2.24) is 10.2 Å². The van der Waals surface area contributed by atoms with Crippen molar-refractivity contribution in [3.05, 3.63) is 0 Å². The van der Waals surface area contributed by atoms with Crippen LogP contribution in [0.3, 0.4) is 0 Å². The molecule has 0 radical (unpaired) electrons. The maximum absolute atomic E-state index is 11.8. The molecule has 0 aromatic heterocycles. The summed E-state index contributed by atoms with van der Waals surface area (Å²) in [7, 11) is 0. The molecule has 104 valence electrons. The molecule has 0 aromatic rings. The fourth-order valence-corrected chi connectivity index (χ4v) is 2.11. The SMILES string of the molecule is NCCC(=O)N1CCC(C(=O)NCCCO)CC1. The molecule has 0 unspecified atom stereocenters. The summed E-state index contributed by atoms with van der Waals surface area (Å²) in [5, 5.41) is 11.4. The highest BCUT2D eigenvalue weighted by Gasteiger charge is 2.26. The number of likely N-dealkylation sites (tertiary alicyclic amines) is 1. The fourth-order valence-electron chi connectivity index (χ4n) is 2.11. The summed E-state index contributed by atoms with van der Waals surface area (Å²) in [6.45, 7) is 2.25. The van der Waals surface area contributed by atoms with E-state index in [2.05, 4.69) is 5.32 Å². The van der Waals surface area contributed by atoms with Gasteiger partial charge in [0.05, 0.1) is 0 Å². The second-order valence-electron chi connectivity index (χ2n) is 4.56. The van der Waals surface area contributed by atoms with E-state index in [1.807, 2.05) is 0 Å². The molecule has 6 nitrogen and oxygen atoms in total. The number of nitrogens with zero attached hydrogens (tertiary/aromatic N) is 1. The van der Waals surface area contributed by atoms with E-state index >= 15 is 0 Å². The molecule has 1 heterocycles. The normalized spacial score (nSPS) is 16.7. The number of piperidine rings is 1. The quantitative estimate of drug-likeness (QED) is 0.536. The highest BCUT2D eigenvalue weighted by atomic mass is 16.3. The molecule has 1 fully saturated rings. The molecule has 2 amide bonds. The number of hydrogen-bond donors (Lipinski definition) is 3. The first-order valence-corrected chi connectivity index (χ1v) is 6.55. The van der Waals surface area contributed by atoms with Gasteiger partial charge in [0.2, 0.25) is 11.8 Å². The van der Waals surface area contributed by atoms with Gasteiger partial charge in [-0.15, -0.1) is 0 Å². The van der Waals surface area contributed by atoms with Gasteiger partial charge in [0, 0.05) is 45.1 Å². The molecule has 18 heavy (non-hydrogen) atoms. The van der Waals surface area contributed by atoms with Gasteiger partial charge in [-0.25, -0.2) is 0 Å². The van der Waals surface area contributed by atoms with Crippen LogP contribution >= 0.6 is 0 Å². The van der Waals surface area contributed by atoms with Gasteiger partial charge >= 0.3 is 0 Å². The Bertz CT molecular complexity index is 276. The lowest BCUT2D eigenvalue weighted by molar-refractivity contribution is -0.135. The molecule has 1 aliphatic rings. The van der Waals surface area contributed by atoms with E-state index in [0.29, 0.717) is 51.9 Å². The van der Waals surface area contributed by atoms with E-state index in [1.54, 1.807) is 4.90 Å². The summed E-state index contributed by atoms with van der Waals surface area (Å²) in [4.78, 5) is 25.1. The Hall–Kier alpha value is -1.14. The van der Waals surface area contributed by atoms with Crippen molar-refractivity contribution < 1.29 is 14.7 Å². The summed E-state index contributed by atoms with van der Waals surface area (Å²) in [5.41, 5.74) is 5.35. The van der Waals surface area contributed by atoms with E-state index in [4.69, 9.17) is 10.8 Å². The van der Waals surface area contributed by atoms with Gasteiger partial charge in [0.1, 0.15) is 0 Å². The van der Waals surface area contributed by atoms with Crippen molar-refractivity contribution in [3.63, 3.8) is 0 Å². The van der Waals surface area contributed by atoms with Crippen LogP contribution in [0.15, 0.2) is 0 Å². The summed E-state index contributed by atoms with van der Waals surface area (Å²) < 4.78 is 0. The van der Waals surface area contributed by atoms with Crippen molar-refractivity contribution in [2.45, 2.75) is 25.7 Å². The molecule has 0 spiro atoms. The molecule has 0 aliphatic carbocycles. The molecule has 1 rings (SSSR count). The van der Waals surface area contributed by atoms with Crippen LogP contribution in [0.1, 0.15) is 25.7 Å². The van der Waals surface area contributed by atoms with E-state index in [0.717, 1.165) is 0 Å². The molecular formula is C12H23N3O3. The summed E-state index contributed by atoms with van der Waals surface area (Å²) in [6, 6.07) is 0. The lowest BCUT2D eigenvalue weighted by Gasteiger charge is -2.31. The number of nitrogens with one attached hydrogen (secondary N) is 1. The van der Waals surface area contributed by atoms with Crippen LogP contribution in [0.2, 0.25) is 0 Å². The largest absolute Gasteiger partial charge is 0.396 e. The van der Waals surface area contributed by atoms with E-state index in [-0.39, 0.29) is 24.3 Å². The zero-order chi connectivity index (χ0) is 13.4. The summed E-state index contributed by atoms with van der Waals surface area (Å²) in [6.07, 6.45) is 2.38. The highest BCUT2D eigenvalue weighted by Crippen LogP contribution is 2.17. The number of aliphatic hydroxyl groups excluding tert-OH is 1. The van der Waals surface area contributed by atoms with Gasteiger partial charge in [0.15, 0.2) is 0 Å². The maximum Gasteiger partial charge on any atom is 0.223 e. The number of carbonyl (C=O) groups excluding carboxylic acids is 2. The summed E-state index contributed by atoms with van der Waals surface area (Å²) >= 11 is 0. The smallest absolute Gasteiger partial charge is 0.223 e. The fraction of sp³-hybridized carbons (Fsp3) is 0.833. The Balaban J connectivity index is 2.26. The molecule has 0 bridgehead atoms. The van der Waals surface area contributed by atoms with Crippen LogP contribution in [-0.2, 0) is 9.59 Å². The van der Waals surface area contributed by atoms with E-state index in [1.165, 1.54) is 0 Å². The van der Waals surface area contributed by atoms with Gasteiger partial charge < -0.3 is 21.1 Å². The molecule has 6 heteroatoms. The minimum absolute atomic E-state index is 0.00869. The standard InChI is InChI=1S/C12H23N3O3/c13-5-2-11(17)15-7-3-10(4-8-15)12(18)14-6-1-9-16/h10,16H,1-9,13H2,(H,14,18). The van der Waals surface area contributed by atoms with Crippen molar-refractivity contribution in [3.8, 4) is 0 Å². The monoisotopic (exact) mass is 257 g/mol.